The van der Waals surface area contributed by atoms with Gasteiger partial charge in [-0.3, -0.25) is 0 Å². The van der Waals surface area contributed by atoms with Crippen LogP contribution in [-0.2, 0) is 4.74 Å². The molecule has 1 aliphatic heterocycles. The number of allylic oxidation sites excluding steroid dienone is 2. The van der Waals surface area contributed by atoms with Crippen molar-refractivity contribution in [3.8, 4) is 0 Å². The van der Waals surface area contributed by atoms with Gasteiger partial charge in [0.15, 0.2) is 0 Å². The number of carbonyl (C=O) groups excluding carboxylic acids is 1. The zero-order chi connectivity index (χ0) is 15.3. The van der Waals surface area contributed by atoms with Crippen molar-refractivity contribution in [2.45, 2.75) is 64.5 Å². The molecule has 0 aromatic rings. The highest BCUT2D eigenvalue weighted by Gasteiger charge is 2.24. The summed E-state index contributed by atoms with van der Waals surface area (Å²) in [7, 11) is 0. The van der Waals surface area contributed by atoms with Crippen LogP contribution in [0.5, 0.6) is 0 Å². The Morgan fingerprint density at radius 3 is 2.52 bits per heavy atom. The van der Waals surface area contributed by atoms with Gasteiger partial charge in [-0.25, -0.2) is 4.79 Å². The average Bonchev–Trinajstić information content (AvgIpc) is 2.40. The first-order chi connectivity index (χ1) is 9.92. The molecule has 0 bridgehead atoms. The summed E-state index contributed by atoms with van der Waals surface area (Å²) < 4.78 is 5.32. The van der Waals surface area contributed by atoms with E-state index >= 15 is 0 Å². The van der Waals surface area contributed by atoms with Gasteiger partial charge < -0.3 is 15.0 Å². The molecule has 1 saturated heterocycles. The van der Waals surface area contributed by atoms with Gasteiger partial charge in [-0.1, -0.05) is 12.2 Å². The van der Waals surface area contributed by atoms with Crippen molar-refractivity contribution in [2.24, 2.45) is 5.92 Å². The molecule has 4 nitrogen and oxygen atoms in total. The number of likely N-dealkylation sites (tertiary alicyclic amines) is 1. The lowest BCUT2D eigenvalue weighted by molar-refractivity contribution is 0.0475. The maximum absolute atomic E-state index is 11.8. The molecule has 21 heavy (non-hydrogen) atoms. The predicted octanol–water partition coefficient (Wildman–Crippen LogP) is 3.33. The lowest BCUT2D eigenvalue weighted by Crippen LogP contribution is -2.47. The summed E-state index contributed by atoms with van der Waals surface area (Å²) in [6.07, 6.45) is 10.2. The zero-order valence-electron chi connectivity index (χ0n) is 13.7. The fraction of sp³-hybridized carbons (Fsp3) is 0.824. The summed E-state index contributed by atoms with van der Waals surface area (Å²) in [5.41, 5.74) is -0.417. The number of hydrogen-bond acceptors (Lipinski definition) is 3. The maximum Gasteiger partial charge on any atom is 0.407 e. The summed E-state index contributed by atoms with van der Waals surface area (Å²) in [6.45, 7) is 9.07. The highest BCUT2D eigenvalue weighted by atomic mass is 16.6. The molecule has 2 rings (SSSR count). The summed E-state index contributed by atoms with van der Waals surface area (Å²) in [6, 6.07) is 0.266. The van der Waals surface area contributed by atoms with Crippen molar-refractivity contribution in [1.29, 1.82) is 0 Å². The number of piperidine rings is 1. The van der Waals surface area contributed by atoms with Gasteiger partial charge in [-0.2, -0.15) is 0 Å². The van der Waals surface area contributed by atoms with Crippen LogP contribution in [-0.4, -0.2) is 42.3 Å². The van der Waals surface area contributed by atoms with Gasteiger partial charge in [0.1, 0.15) is 5.60 Å². The quantitative estimate of drug-likeness (QED) is 0.812. The lowest BCUT2D eigenvalue weighted by Gasteiger charge is -2.35. The van der Waals surface area contributed by atoms with E-state index in [9.17, 15) is 4.79 Å². The number of amides is 1. The summed E-state index contributed by atoms with van der Waals surface area (Å²) in [4.78, 5) is 14.3. The van der Waals surface area contributed by atoms with Crippen molar-refractivity contribution in [3.63, 3.8) is 0 Å². The number of nitrogens with zero attached hydrogens (tertiary/aromatic N) is 1. The van der Waals surface area contributed by atoms with Gasteiger partial charge in [-0.05, 0) is 58.8 Å². The second-order valence-electron chi connectivity index (χ2n) is 7.37. The van der Waals surface area contributed by atoms with E-state index in [-0.39, 0.29) is 12.1 Å². The first-order valence-electron chi connectivity index (χ1n) is 8.29. The molecular weight excluding hydrogens is 264 g/mol. The van der Waals surface area contributed by atoms with Crippen molar-refractivity contribution in [2.75, 3.05) is 19.6 Å². The van der Waals surface area contributed by atoms with Gasteiger partial charge in [0, 0.05) is 25.7 Å². The summed E-state index contributed by atoms with van der Waals surface area (Å²) in [5, 5.41) is 3.00. The minimum atomic E-state index is -0.417. The molecule has 4 heteroatoms. The van der Waals surface area contributed by atoms with E-state index in [1.165, 1.54) is 25.8 Å². The van der Waals surface area contributed by atoms with Crippen molar-refractivity contribution >= 4 is 6.09 Å². The van der Waals surface area contributed by atoms with E-state index in [1.54, 1.807) is 0 Å². The first kappa shape index (κ1) is 16.3. The van der Waals surface area contributed by atoms with Crippen LogP contribution in [0, 0.1) is 5.92 Å². The Balaban J connectivity index is 1.66. The fourth-order valence-electron chi connectivity index (χ4n) is 3.12. The lowest BCUT2D eigenvalue weighted by atomic mass is 9.93. The first-order valence-corrected chi connectivity index (χ1v) is 8.29. The van der Waals surface area contributed by atoms with Crippen LogP contribution < -0.4 is 5.32 Å². The number of nitrogens with one attached hydrogen (secondary N) is 1. The molecule has 1 heterocycles. The molecule has 0 saturated carbocycles. The molecule has 1 fully saturated rings. The molecule has 0 aromatic heterocycles. The second kappa shape index (κ2) is 7.30. The van der Waals surface area contributed by atoms with E-state index < -0.39 is 5.60 Å². The van der Waals surface area contributed by atoms with E-state index in [0.717, 1.165) is 31.8 Å². The van der Waals surface area contributed by atoms with Gasteiger partial charge in [-0.15, -0.1) is 0 Å². The van der Waals surface area contributed by atoms with E-state index in [2.05, 4.69) is 22.4 Å². The summed E-state index contributed by atoms with van der Waals surface area (Å²) >= 11 is 0. The predicted molar refractivity (Wildman–Crippen MR) is 85.3 cm³/mol. The average molecular weight is 294 g/mol. The van der Waals surface area contributed by atoms with Crippen LogP contribution in [0.4, 0.5) is 4.79 Å². The SMILES string of the molecule is CC(C)(C)OC(=O)NC1CCN(CC2CC=CCC2)CC1. The normalized spacial score (nSPS) is 24.8. The number of rotatable bonds is 3. The third-order valence-corrected chi connectivity index (χ3v) is 4.20. The molecule has 1 atom stereocenters. The molecule has 120 valence electrons. The van der Waals surface area contributed by atoms with Crippen LogP contribution >= 0.6 is 0 Å². The maximum atomic E-state index is 11.8. The van der Waals surface area contributed by atoms with Crippen LogP contribution in [0.2, 0.25) is 0 Å². The van der Waals surface area contributed by atoms with E-state index in [4.69, 9.17) is 4.74 Å². The molecule has 0 aromatic carbocycles. The van der Waals surface area contributed by atoms with E-state index in [0.29, 0.717) is 0 Å². The largest absolute Gasteiger partial charge is 0.444 e. The molecule has 0 radical (unpaired) electrons. The van der Waals surface area contributed by atoms with Gasteiger partial charge in [0.05, 0.1) is 0 Å². The second-order valence-corrected chi connectivity index (χ2v) is 7.37. The monoisotopic (exact) mass is 294 g/mol. The third kappa shape index (κ3) is 6.08. The highest BCUT2D eigenvalue weighted by molar-refractivity contribution is 5.68. The van der Waals surface area contributed by atoms with Crippen LogP contribution in [0.15, 0.2) is 12.2 Å². The van der Waals surface area contributed by atoms with Gasteiger partial charge in [0.2, 0.25) is 0 Å². The minimum absolute atomic E-state index is 0.266. The standard InChI is InChI=1S/C17H30N2O2/c1-17(2,3)21-16(20)18-15-9-11-19(12-10-15)13-14-7-5-4-6-8-14/h4-5,14-15H,6-13H2,1-3H3,(H,18,20). The van der Waals surface area contributed by atoms with Crippen LogP contribution in [0.3, 0.4) is 0 Å². The Labute approximate surface area is 128 Å². The zero-order valence-corrected chi connectivity index (χ0v) is 13.7. The van der Waals surface area contributed by atoms with Gasteiger partial charge in [0.25, 0.3) is 0 Å². The Morgan fingerprint density at radius 1 is 1.24 bits per heavy atom. The van der Waals surface area contributed by atoms with Gasteiger partial charge >= 0.3 is 6.09 Å². The summed E-state index contributed by atoms with van der Waals surface area (Å²) in [5.74, 6) is 0.824. The molecule has 1 unspecified atom stereocenters. The number of ether oxygens (including phenoxy) is 1. The minimum Gasteiger partial charge on any atom is -0.444 e. The number of carbonyl (C=O) groups is 1. The fourth-order valence-corrected chi connectivity index (χ4v) is 3.12. The van der Waals surface area contributed by atoms with Crippen LogP contribution in [0.25, 0.3) is 0 Å². The Bertz CT molecular complexity index is 365. The Morgan fingerprint density at radius 2 is 1.95 bits per heavy atom. The van der Waals surface area contributed by atoms with E-state index in [1.807, 2.05) is 20.8 Å². The third-order valence-electron chi connectivity index (χ3n) is 4.20. The van der Waals surface area contributed by atoms with Crippen molar-refractivity contribution in [3.05, 3.63) is 12.2 Å². The smallest absolute Gasteiger partial charge is 0.407 e. The molecule has 1 amide bonds. The molecule has 2 aliphatic rings. The molecule has 1 N–H and O–H groups in total. The molecule has 0 spiro atoms. The highest BCUT2D eigenvalue weighted by Crippen LogP contribution is 2.21. The van der Waals surface area contributed by atoms with Crippen molar-refractivity contribution < 1.29 is 9.53 Å². The van der Waals surface area contributed by atoms with Crippen LogP contribution in [0.1, 0.15) is 52.9 Å². The topological polar surface area (TPSA) is 41.6 Å². The number of alkyl carbamates (subject to hydrolysis) is 1. The Hall–Kier alpha value is -1.03. The Kier molecular flexibility index (Phi) is 5.68. The number of hydrogen-bond donors (Lipinski definition) is 1. The van der Waals surface area contributed by atoms with Crippen molar-refractivity contribution in [1.82, 2.24) is 10.2 Å². The molecule has 1 aliphatic carbocycles. The molecular formula is C17H30N2O2.